The lowest BCUT2D eigenvalue weighted by Gasteiger charge is -2.27. The number of nitrogens with two attached hydrogens (primary N) is 1. The zero-order chi connectivity index (χ0) is 21.3. The Morgan fingerprint density at radius 1 is 1.20 bits per heavy atom. The van der Waals surface area contributed by atoms with Crippen LogP contribution in [-0.4, -0.2) is 45.7 Å². The monoisotopic (exact) mass is 428 g/mol. The van der Waals surface area contributed by atoms with Gasteiger partial charge in [-0.05, 0) is 44.7 Å². The minimum Gasteiger partial charge on any atom is -0.329 e. The van der Waals surface area contributed by atoms with E-state index in [1.165, 1.54) is 6.07 Å². The summed E-state index contributed by atoms with van der Waals surface area (Å²) in [6.45, 7) is 3.06. The number of hydrazine groups is 1. The maximum Gasteiger partial charge on any atom is 0.283 e. The fourth-order valence-electron chi connectivity index (χ4n) is 3.97. The van der Waals surface area contributed by atoms with Gasteiger partial charge in [-0.15, -0.1) is 11.3 Å². The Hall–Kier alpha value is -2.85. The number of nitrogens with zero attached hydrogens (tertiary/aromatic N) is 4. The largest absolute Gasteiger partial charge is 0.329 e. The summed E-state index contributed by atoms with van der Waals surface area (Å²) in [5, 5.41) is 2.89. The first kappa shape index (κ1) is 20.4. The minimum atomic E-state index is -0.608. The number of amides is 3. The van der Waals surface area contributed by atoms with Crippen molar-refractivity contribution in [1.82, 2.24) is 20.3 Å². The van der Waals surface area contributed by atoms with Crippen molar-refractivity contribution in [1.29, 1.82) is 0 Å². The van der Waals surface area contributed by atoms with Crippen LogP contribution in [0, 0.1) is 6.92 Å². The molecule has 9 nitrogen and oxygen atoms in total. The molecular formula is C20H24N6O3S. The highest BCUT2D eigenvalue weighted by Crippen LogP contribution is 2.35. The van der Waals surface area contributed by atoms with Crippen LogP contribution in [0.4, 0.5) is 5.82 Å². The number of thiazole rings is 1. The summed E-state index contributed by atoms with van der Waals surface area (Å²) in [4.78, 5) is 50.2. The predicted octanol–water partition coefficient (Wildman–Crippen LogP) is 1.94. The van der Waals surface area contributed by atoms with Crippen LogP contribution in [0.5, 0.6) is 0 Å². The van der Waals surface area contributed by atoms with Crippen LogP contribution >= 0.6 is 11.3 Å². The number of carbonyl (C=O) groups is 3. The molecule has 2 aromatic rings. The molecule has 0 radical (unpaired) electrons. The van der Waals surface area contributed by atoms with Gasteiger partial charge in [0.1, 0.15) is 16.5 Å². The van der Waals surface area contributed by atoms with Crippen LogP contribution in [0.25, 0.3) is 0 Å². The fourth-order valence-corrected chi connectivity index (χ4v) is 4.92. The molecule has 0 unspecified atom stereocenters. The highest BCUT2D eigenvalue weighted by molar-refractivity contribution is 7.09. The molecule has 1 atom stereocenters. The molecule has 2 aliphatic heterocycles. The first-order valence-corrected chi connectivity index (χ1v) is 10.9. The van der Waals surface area contributed by atoms with Crippen molar-refractivity contribution in [3.05, 3.63) is 39.5 Å². The van der Waals surface area contributed by atoms with Crippen molar-refractivity contribution in [3.63, 3.8) is 0 Å². The second-order valence-electron chi connectivity index (χ2n) is 7.56. The average Bonchev–Trinajstić information content (AvgIpc) is 3.41. The van der Waals surface area contributed by atoms with Gasteiger partial charge >= 0.3 is 0 Å². The topological polar surface area (TPSA) is 122 Å². The Balaban J connectivity index is 1.69. The number of nitrogens with one attached hydrogen (secondary N) is 1. The van der Waals surface area contributed by atoms with Gasteiger partial charge in [0, 0.05) is 36.1 Å². The summed E-state index contributed by atoms with van der Waals surface area (Å²) in [7, 11) is 0. The van der Waals surface area contributed by atoms with Gasteiger partial charge < -0.3 is 4.90 Å². The molecule has 3 N–H and O–H groups in total. The number of rotatable bonds is 4. The van der Waals surface area contributed by atoms with Crippen LogP contribution in [-0.2, 0) is 4.79 Å². The van der Waals surface area contributed by atoms with Crippen LogP contribution in [0.3, 0.4) is 0 Å². The molecule has 0 aromatic carbocycles. The second-order valence-corrected chi connectivity index (χ2v) is 8.45. The van der Waals surface area contributed by atoms with E-state index < -0.39 is 5.91 Å². The lowest BCUT2D eigenvalue weighted by Crippen LogP contribution is -2.37. The number of anilines is 1. The fraction of sp³-hybridized carbons (Fsp3) is 0.450. The Morgan fingerprint density at radius 2 is 2.03 bits per heavy atom. The highest BCUT2D eigenvalue weighted by atomic mass is 32.1. The van der Waals surface area contributed by atoms with Gasteiger partial charge in [0.2, 0.25) is 5.91 Å². The summed E-state index contributed by atoms with van der Waals surface area (Å²) in [5.74, 6) is 4.72. The molecule has 2 aliphatic rings. The Kier molecular flexibility index (Phi) is 5.78. The normalized spacial score (nSPS) is 19.3. The van der Waals surface area contributed by atoms with E-state index in [-0.39, 0.29) is 23.6 Å². The molecule has 2 aromatic heterocycles. The molecule has 3 amide bonds. The summed E-state index contributed by atoms with van der Waals surface area (Å²) in [6.07, 6.45) is 3.83. The predicted molar refractivity (Wildman–Crippen MR) is 112 cm³/mol. The van der Waals surface area contributed by atoms with E-state index in [1.54, 1.807) is 27.2 Å². The summed E-state index contributed by atoms with van der Waals surface area (Å²) in [6, 6.07) is 2.95. The molecule has 4 rings (SSSR count). The maximum atomic E-state index is 13.4. The van der Waals surface area contributed by atoms with E-state index in [9.17, 15) is 14.4 Å². The second kappa shape index (κ2) is 8.49. The summed E-state index contributed by atoms with van der Waals surface area (Å²) < 4.78 is 0. The zero-order valence-electron chi connectivity index (χ0n) is 16.8. The Bertz CT molecular complexity index is 991. The lowest BCUT2D eigenvalue weighted by molar-refractivity contribution is -0.119. The van der Waals surface area contributed by atoms with Gasteiger partial charge in [-0.2, -0.15) is 0 Å². The number of nitrogen functional groups attached to an aromatic ring is 1. The number of hydrogen-bond acceptors (Lipinski definition) is 7. The van der Waals surface area contributed by atoms with E-state index in [2.05, 4.69) is 15.4 Å². The van der Waals surface area contributed by atoms with Crippen molar-refractivity contribution in [2.24, 2.45) is 5.84 Å². The van der Waals surface area contributed by atoms with Gasteiger partial charge in [-0.1, -0.05) is 0 Å². The van der Waals surface area contributed by atoms with E-state index in [0.717, 1.165) is 36.4 Å². The van der Waals surface area contributed by atoms with Crippen molar-refractivity contribution in [2.75, 3.05) is 18.0 Å². The first-order chi connectivity index (χ1) is 14.5. The zero-order valence-corrected chi connectivity index (χ0v) is 17.6. The van der Waals surface area contributed by atoms with Crippen molar-refractivity contribution >= 4 is 34.9 Å². The SMILES string of the molecule is Cc1csc([C@H]2CCCN2C(=O)c2cc(C(=O)NN)nc(N3CCCCC3=O)c2)n1. The van der Waals surface area contributed by atoms with Gasteiger partial charge in [0.05, 0.1) is 6.04 Å². The van der Waals surface area contributed by atoms with Crippen LogP contribution < -0.4 is 16.2 Å². The number of pyridine rings is 1. The lowest BCUT2D eigenvalue weighted by atomic mass is 10.1. The van der Waals surface area contributed by atoms with Gasteiger partial charge in [-0.25, -0.2) is 15.8 Å². The number of aromatic nitrogens is 2. The van der Waals surface area contributed by atoms with Gasteiger partial charge in [-0.3, -0.25) is 24.7 Å². The summed E-state index contributed by atoms with van der Waals surface area (Å²) in [5.41, 5.74) is 3.32. The smallest absolute Gasteiger partial charge is 0.283 e. The molecule has 0 aliphatic carbocycles. The molecule has 10 heteroatoms. The molecule has 4 heterocycles. The minimum absolute atomic E-state index is 0.0116. The molecule has 2 fully saturated rings. The van der Waals surface area contributed by atoms with Gasteiger partial charge in [0.15, 0.2) is 0 Å². The molecule has 2 saturated heterocycles. The third kappa shape index (κ3) is 3.92. The van der Waals surface area contributed by atoms with Crippen molar-refractivity contribution in [3.8, 4) is 0 Å². The van der Waals surface area contributed by atoms with E-state index in [4.69, 9.17) is 5.84 Å². The van der Waals surface area contributed by atoms with Crippen LogP contribution in [0.1, 0.15) is 69.7 Å². The molecule has 0 spiro atoms. The highest BCUT2D eigenvalue weighted by Gasteiger charge is 2.33. The number of aryl methyl sites for hydroxylation is 1. The maximum absolute atomic E-state index is 13.4. The number of hydrogen-bond donors (Lipinski definition) is 2. The van der Waals surface area contributed by atoms with Gasteiger partial charge in [0.25, 0.3) is 11.8 Å². The molecule has 158 valence electrons. The molecule has 0 saturated carbocycles. The van der Waals surface area contributed by atoms with Crippen LogP contribution in [0.2, 0.25) is 0 Å². The quantitative estimate of drug-likeness (QED) is 0.436. The van der Waals surface area contributed by atoms with Crippen molar-refractivity contribution < 1.29 is 14.4 Å². The molecule has 30 heavy (non-hydrogen) atoms. The van der Waals surface area contributed by atoms with E-state index in [1.807, 2.05) is 12.3 Å². The average molecular weight is 429 g/mol. The standard InChI is InChI=1S/C20H24N6O3S/c1-12-11-30-19(22-12)15-5-4-8-25(15)20(29)13-9-14(18(28)24-21)23-16(10-13)26-7-3-2-6-17(26)27/h9-11,15H,2-8,21H2,1H3,(H,24,28)/t15-/m1/s1. The third-order valence-corrected chi connectivity index (χ3v) is 6.52. The number of carbonyl (C=O) groups excluding carboxylic acids is 3. The molecule has 0 bridgehead atoms. The van der Waals surface area contributed by atoms with Crippen LogP contribution in [0.15, 0.2) is 17.5 Å². The Labute approximate surface area is 178 Å². The van der Waals surface area contributed by atoms with Crippen molar-refractivity contribution in [2.45, 2.75) is 45.1 Å². The third-order valence-electron chi connectivity index (χ3n) is 5.46. The van der Waals surface area contributed by atoms with E-state index in [0.29, 0.717) is 30.9 Å². The molecular weight excluding hydrogens is 404 g/mol. The first-order valence-electron chi connectivity index (χ1n) is 10.0. The number of likely N-dealkylation sites (tertiary alicyclic amines) is 1. The van der Waals surface area contributed by atoms with E-state index >= 15 is 0 Å². The number of piperidine rings is 1. The Morgan fingerprint density at radius 3 is 2.73 bits per heavy atom. The summed E-state index contributed by atoms with van der Waals surface area (Å²) >= 11 is 1.55.